The average Bonchev–Trinajstić information content (AvgIpc) is 2.98. The van der Waals surface area contributed by atoms with Crippen LogP contribution in [0.3, 0.4) is 0 Å². The molecule has 3 atom stereocenters. The summed E-state index contributed by atoms with van der Waals surface area (Å²) in [5.41, 5.74) is 0.221. The number of piperidine rings is 1. The van der Waals surface area contributed by atoms with Crippen molar-refractivity contribution in [3.05, 3.63) is 28.5 Å². The van der Waals surface area contributed by atoms with E-state index in [-0.39, 0.29) is 12.6 Å². The maximum Gasteiger partial charge on any atom is 0.329 e. The average molecular weight is 327 g/mol. The summed E-state index contributed by atoms with van der Waals surface area (Å²) in [6, 6.07) is 3.99. The molecule has 2 heterocycles. The molecule has 1 aliphatic heterocycles. The van der Waals surface area contributed by atoms with Crippen molar-refractivity contribution in [3.63, 3.8) is 0 Å². The largest absolute Gasteiger partial charge is 0.480 e. The standard InChI is InChI=1S/C13H15BrN2O3/c14-9-1-2-10(16-6-9)13(19-7-12(17)18)4-8-3-11(13)15-5-8/h1-2,6,8,11,15H,3-5,7H2,(H,17,18). The maximum absolute atomic E-state index is 10.8. The van der Waals surface area contributed by atoms with Gasteiger partial charge in [-0.1, -0.05) is 0 Å². The van der Waals surface area contributed by atoms with Crippen LogP contribution in [-0.4, -0.2) is 35.3 Å². The van der Waals surface area contributed by atoms with Gasteiger partial charge in [-0.05, 0) is 53.4 Å². The minimum atomic E-state index is -0.945. The van der Waals surface area contributed by atoms with Crippen molar-refractivity contribution >= 4 is 21.9 Å². The lowest BCUT2D eigenvalue weighted by molar-refractivity contribution is -0.153. The van der Waals surface area contributed by atoms with E-state index in [2.05, 4.69) is 26.2 Å². The van der Waals surface area contributed by atoms with Gasteiger partial charge in [0.1, 0.15) is 12.2 Å². The predicted octanol–water partition coefficient (Wildman–Crippen LogP) is 1.52. The van der Waals surface area contributed by atoms with E-state index in [0.29, 0.717) is 5.92 Å². The van der Waals surface area contributed by atoms with Gasteiger partial charge in [-0.15, -0.1) is 0 Å². The van der Waals surface area contributed by atoms with E-state index in [1.54, 1.807) is 6.20 Å². The first kappa shape index (κ1) is 13.0. The molecule has 3 rings (SSSR count). The van der Waals surface area contributed by atoms with Gasteiger partial charge in [0, 0.05) is 16.7 Å². The molecule has 0 aromatic carbocycles. The van der Waals surface area contributed by atoms with Crippen molar-refractivity contribution in [1.29, 1.82) is 0 Å². The van der Waals surface area contributed by atoms with Gasteiger partial charge in [-0.2, -0.15) is 0 Å². The van der Waals surface area contributed by atoms with Gasteiger partial charge in [0.15, 0.2) is 0 Å². The molecule has 1 saturated carbocycles. The summed E-state index contributed by atoms with van der Waals surface area (Å²) in [7, 11) is 0. The van der Waals surface area contributed by atoms with Gasteiger partial charge in [-0.25, -0.2) is 4.79 Å². The van der Waals surface area contributed by atoms with E-state index < -0.39 is 11.6 Å². The molecule has 1 aliphatic carbocycles. The smallest absolute Gasteiger partial charge is 0.329 e. The zero-order valence-electron chi connectivity index (χ0n) is 10.3. The number of carbonyl (C=O) groups is 1. The Morgan fingerprint density at radius 1 is 1.63 bits per heavy atom. The van der Waals surface area contributed by atoms with Crippen molar-refractivity contribution in [3.8, 4) is 0 Å². The molecule has 2 N–H and O–H groups in total. The number of aromatic nitrogens is 1. The van der Waals surface area contributed by atoms with E-state index in [0.717, 1.165) is 29.6 Å². The summed E-state index contributed by atoms with van der Waals surface area (Å²) in [6.45, 7) is 0.696. The highest BCUT2D eigenvalue weighted by Crippen LogP contribution is 2.47. The van der Waals surface area contributed by atoms with Gasteiger partial charge < -0.3 is 15.2 Å². The fourth-order valence-electron chi connectivity index (χ4n) is 3.22. The molecule has 1 aromatic heterocycles. The minimum absolute atomic E-state index is 0.158. The van der Waals surface area contributed by atoms with Crippen molar-refractivity contribution in [2.24, 2.45) is 5.92 Å². The summed E-state index contributed by atoms with van der Waals surface area (Å²) in [5.74, 6) is -0.400. The van der Waals surface area contributed by atoms with E-state index in [1.165, 1.54) is 0 Å². The molecular weight excluding hydrogens is 312 g/mol. The molecule has 102 valence electrons. The monoisotopic (exact) mass is 326 g/mol. The van der Waals surface area contributed by atoms with Crippen LogP contribution in [0.1, 0.15) is 18.5 Å². The summed E-state index contributed by atoms with van der Waals surface area (Å²) in [4.78, 5) is 15.2. The molecule has 2 aliphatic rings. The van der Waals surface area contributed by atoms with Crippen LogP contribution in [0.5, 0.6) is 0 Å². The van der Waals surface area contributed by atoms with Crippen LogP contribution in [0.25, 0.3) is 0 Å². The van der Waals surface area contributed by atoms with Crippen LogP contribution in [0.15, 0.2) is 22.8 Å². The summed E-state index contributed by atoms with van der Waals surface area (Å²) >= 11 is 3.36. The number of carboxylic acid groups (broad SMARTS) is 1. The third-order valence-corrected chi connectivity index (χ3v) is 4.46. The van der Waals surface area contributed by atoms with E-state index in [4.69, 9.17) is 9.84 Å². The first-order valence-electron chi connectivity index (χ1n) is 6.31. The zero-order valence-corrected chi connectivity index (χ0v) is 11.9. The number of aliphatic carboxylic acids is 1. The number of halogens is 1. The number of hydrogen-bond donors (Lipinski definition) is 2. The summed E-state index contributed by atoms with van der Waals surface area (Å²) in [5, 5.41) is 12.3. The van der Waals surface area contributed by atoms with Crippen molar-refractivity contribution in [1.82, 2.24) is 10.3 Å². The first-order valence-corrected chi connectivity index (χ1v) is 7.10. The number of nitrogens with zero attached hydrogens (tertiary/aromatic N) is 1. The topological polar surface area (TPSA) is 71.5 Å². The lowest BCUT2D eigenvalue weighted by Gasteiger charge is -2.37. The third-order valence-electron chi connectivity index (χ3n) is 3.99. The van der Waals surface area contributed by atoms with E-state index >= 15 is 0 Å². The second-order valence-corrected chi connectivity index (χ2v) is 6.12. The second kappa shape index (κ2) is 4.85. The Balaban J connectivity index is 1.92. The fourth-order valence-corrected chi connectivity index (χ4v) is 3.46. The maximum atomic E-state index is 10.8. The Hall–Kier alpha value is -0.980. The van der Waals surface area contributed by atoms with Crippen molar-refractivity contribution < 1.29 is 14.6 Å². The molecule has 0 amide bonds. The Labute approximate surface area is 119 Å². The quantitative estimate of drug-likeness (QED) is 0.877. The molecule has 0 radical (unpaired) electrons. The lowest BCUT2D eigenvalue weighted by atomic mass is 9.89. The van der Waals surface area contributed by atoms with Gasteiger partial charge in [0.25, 0.3) is 0 Å². The first-order chi connectivity index (χ1) is 9.10. The van der Waals surface area contributed by atoms with Crippen LogP contribution in [-0.2, 0) is 15.1 Å². The van der Waals surface area contributed by atoms with Gasteiger partial charge in [0.05, 0.1) is 5.69 Å². The van der Waals surface area contributed by atoms with Gasteiger partial charge >= 0.3 is 5.97 Å². The summed E-state index contributed by atoms with van der Waals surface area (Å²) < 4.78 is 6.68. The van der Waals surface area contributed by atoms with Crippen LogP contribution in [0, 0.1) is 5.92 Å². The molecule has 2 bridgehead atoms. The van der Waals surface area contributed by atoms with Crippen LogP contribution < -0.4 is 5.32 Å². The number of nitrogens with one attached hydrogen (secondary N) is 1. The Morgan fingerprint density at radius 3 is 3.00 bits per heavy atom. The number of ether oxygens (including phenoxy) is 1. The molecule has 19 heavy (non-hydrogen) atoms. The number of hydrogen-bond acceptors (Lipinski definition) is 4. The van der Waals surface area contributed by atoms with Crippen molar-refractivity contribution in [2.45, 2.75) is 24.5 Å². The molecule has 5 nitrogen and oxygen atoms in total. The van der Waals surface area contributed by atoms with E-state index in [1.807, 2.05) is 12.1 Å². The summed E-state index contributed by atoms with van der Waals surface area (Å²) in [6.07, 6.45) is 3.59. The van der Waals surface area contributed by atoms with Gasteiger partial charge in [-0.3, -0.25) is 4.98 Å². The van der Waals surface area contributed by atoms with Gasteiger partial charge in [0.2, 0.25) is 0 Å². The van der Waals surface area contributed by atoms with Crippen molar-refractivity contribution in [2.75, 3.05) is 13.2 Å². The van der Waals surface area contributed by atoms with Crippen LogP contribution in [0.4, 0.5) is 0 Å². The van der Waals surface area contributed by atoms with Crippen LogP contribution >= 0.6 is 15.9 Å². The number of fused-ring (bicyclic) bond motifs is 2. The zero-order chi connectivity index (χ0) is 13.5. The van der Waals surface area contributed by atoms with Crippen LogP contribution in [0.2, 0.25) is 0 Å². The number of carboxylic acids is 1. The Bertz CT molecular complexity index is 493. The molecule has 3 unspecified atom stereocenters. The fraction of sp³-hybridized carbons (Fsp3) is 0.538. The molecular formula is C13H15BrN2O3. The Morgan fingerprint density at radius 2 is 2.47 bits per heavy atom. The Kier molecular flexibility index (Phi) is 3.32. The molecule has 0 spiro atoms. The lowest BCUT2D eigenvalue weighted by Crippen LogP contribution is -2.49. The molecule has 2 fully saturated rings. The highest BCUT2D eigenvalue weighted by Gasteiger charge is 2.54. The number of rotatable bonds is 4. The van der Waals surface area contributed by atoms with E-state index in [9.17, 15) is 4.79 Å². The predicted molar refractivity (Wildman–Crippen MR) is 71.7 cm³/mol. The molecule has 1 saturated heterocycles. The third kappa shape index (κ3) is 2.28. The normalized spacial score (nSPS) is 32.7. The molecule has 6 heteroatoms. The highest BCUT2D eigenvalue weighted by atomic mass is 79.9. The molecule has 1 aromatic rings. The SMILES string of the molecule is O=C(O)COC1(c2ccc(Br)cn2)CC2CNC1C2. The highest BCUT2D eigenvalue weighted by molar-refractivity contribution is 9.10. The second-order valence-electron chi connectivity index (χ2n) is 5.20. The minimum Gasteiger partial charge on any atom is -0.480 e. The number of pyridine rings is 1.